The molecule has 5 heterocycles. The standard InChI is InChI=1S/C36H46N4.4FH.Sn/c1-9-22-19-25-20-23-17-18-24(37-23)21-32-26(10-2)29(13-5)36(40(32)16-8)31(15-7)35-28(12-4)27(11-3)34(39-35)30(14-6)33(22)38-25;;;;;/h17-21,38H,9-16H2,1-8H3;4*1H;/q;;;;;+4/p-4. The van der Waals surface area contributed by atoms with Crippen molar-refractivity contribution in [2.75, 3.05) is 0 Å². The molecule has 0 aromatic carbocycles. The first-order chi connectivity index (χ1) is 19.5. The Morgan fingerprint density at radius 3 is 1.60 bits per heavy atom. The van der Waals surface area contributed by atoms with E-state index in [2.05, 4.69) is 95.3 Å². The Morgan fingerprint density at radius 1 is 0.578 bits per heavy atom. The van der Waals surface area contributed by atoms with Crippen LogP contribution in [-0.2, 0) is 38.6 Å². The quantitative estimate of drug-likeness (QED) is 0.157. The maximum Gasteiger partial charge on any atom is 4.00 e. The third-order valence-electron chi connectivity index (χ3n) is 8.85. The first-order valence-corrected chi connectivity index (χ1v) is 15.7. The summed E-state index contributed by atoms with van der Waals surface area (Å²) in [5.74, 6) is 0. The number of fused-ring (bicyclic) bond motifs is 8. The van der Waals surface area contributed by atoms with Gasteiger partial charge < -0.3 is 28.4 Å². The van der Waals surface area contributed by atoms with E-state index in [9.17, 15) is 0 Å². The molecule has 5 rings (SSSR count). The predicted octanol–water partition coefficient (Wildman–Crippen LogP) is -2.84. The number of halogens is 4. The van der Waals surface area contributed by atoms with Gasteiger partial charge in [0.2, 0.25) is 0 Å². The van der Waals surface area contributed by atoms with Crippen LogP contribution in [0.1, 0.15) is 119 Å². The Hall–Kier alpha value is -2.88. The van der Waals surface area contributed by atoms with Gasteiger partial charge in [-0.2, -0.15) is 0 Å². The number of hydrogen-bond acceptors (Lipinski definition) is 2. The molecule has 1 N–H and O–H groups in total. The van der Waals surface area contributed by atoms with Crippen molar-refractivity contribution in [1.82, 2.24) is 19.5 Å². The van der Waals surface area contributed by atoms with Crippen molar-refractivity contribution in [3.05, 3.63) is 68.8 Å². The summed E-state index contributed by atoms with van der Waals surface area (Å²) in [5.41, 5.74) is 19.3. The van der Waals surface area contributed by atoms with Crippen molar-refractivity contribution in [3.63, 3.8) is 0 Å². The average Bonchev–Trinajstić information content (AvgIpc) is 3.73. The summed E-state index contributed by atoms with van der Waals surface area (Å²) in [4.78, 5) is 14.4. The number of nitrogens with zero attached hydrogens (tertiary/aromatic N) is 3. The number of nitrogens with one attached hydrogen (secondary N) is 1. The molecule has 0 radical (unpaired) electrons. The van der Waals surface area contributed by atoms with E-state index in [4.69, 9.17) is 9.97 Å². The Bertz CT molecular complexity index is 1700. The van der Waals surface area contributed by atoms with Crippen LogP contribution < -0.4 is 18.8 Å². The minimum atomic E-state index is 0. The van der Waals surface area contributed by atoms with Gasteiger partial charge in [0.25, 0.3) is 0 Å². The summed E-state index contributed by atoms with van der Waals surface area (Å²) in [6, 6.07) is 6.80. The number of aromatic amines is 1. The van der Waals surface area contributed by atoms with Crippen LogP contribution in [0, 0.1) is 0 Å². The van der Waals surface area contributed by atoms with Crippen LogP contribution in [0.15, 0.2) is 18.2 Å². The number of aryl methyl sites for hydroxylation is 6. The first-order valence-electron chi connectivity index (χ1n) is 15.7. The molecule has 3 aromatic rings. The smallest absolute Gasteiger partial charge is 1.00 e. The van der Waals surface area contributed by atoms with Crippen molar-refractivity contribution in [3.8, 4) is 0 Å². The molecule has 0 saturated carbocycles. The zero-order chi connectivity index (χ0) is 28.6. The van der Waals surface area contributed by atoms with Gasteiger partial charge >= 0.3 is 23.9 Å². The van der Waals surface area contributed by atoms with Crippen LogP contribution in [0.4, 0.5) is 0 Å². The van der Waals surface area contributed by atoms with Gasteiger partial charge in [-0.05, 0) is 110 Å². The Kier molecular flexibility index (Phi) is 16.6. The molecule has 2 aliphatic heterocycles. The molecule has 0 atom stereocenters. The second kappa shape index (κ2) is 17.7. The van der Waals surface area contributed by atoms with Crippen LogP contribution >= 0.6 is 0 Å². The molecule has 0 unspecified atom stereocenters. The summed E-state index contributed by atoms with van der Waals surface area (Å²) in [6.07, 6.45) is 11.2. The fraction of sp³-hybridized carbons (Fsp3) is 0.444. The van der Waals surface area contributed by atoms with Crippen LogP contribution in [0.25, 0.3) is 45.4 Å². The van der Waals surface area contributed by atoms with Crippen molar-refractivity contribution in [2.24, 2.45) is 0 Å². The molecule has 242 valence electrons. The molecule has 45 heavy (non-hydrogen) atoms. The minimum Gasteiger partial charge on any atom is -1.00 e. The molecule has 0 saturated heterocycles. The average molecular weight is 729 g/mol. The molecule has 0 amide bonds. The van der Waals surface area contributed by atoms with Gasteiger partial charge in [0.05, 0.1) is 28.3 Å². The Balaban J connectivity index is 0.00000387. The van der Waals surface area contributed by atoms with Crippen LogP contribution in [0.3, 0.4) is 0 Å². The van der Waals surface area contributed by atoms with Crippen molar-refractivity contribution < 1.29 is 18.8 Å². The van der Waals surface area contributed by atoms with Crippen molar-refractivity contribution >= 4 is 69.3 Å². The largest absolute Gasteiger partial charge is 4.00 e. The van der Waals surface area contributed by atoms with Gasteiger partial charge in [0.15, 0.2) is 0 Å². The number of aromatic nitrogens is 4. The van der Waals surface area contributed by atoms with Gasteiger partial charge in [-0.25, -0.2) is 9.97 Å². The van der Waals surface area contributed by atoms with E-state index in [0.29, 0.717) is 0 Å². The van der Waals surface area contributed by atoms with E-state index in [1.54, 1.807) is 0 Å². The van der Waals surface area contributed by atoms with Gasteiger partial charge in [0, 0.05) is 34.2 Å². The zero-order valence-electron chi connectivity index (χ0n) is 27.9. The first kappa shape index (κ1) is 42.1. The fourth-order valence-electron chi connectivity index (χ4n) is 7.06. The number of allylic oxidation sites excluding steroid dienone is 2. The fourth-order valence-corrected chi connectivity index (χ4v) is 7.06. The number of rotatable bonds is 8. The number of H-pyrrole nitrogens is 1. The molecule has 0 fully saturated rings. The van der Waals surface area contributed by atoms with Crippen LogP contribution in [0.5, 0.6) is 0 Å². The topological polar surface area (TPSA) is 46.5 Å². The molecule has 2 aliphatic rings. The van der Waals surface area contributed by atoms with Gasteiger partial charge in [-0.3, -0.25) is 0 Å². The van der Waals surface area contributed by atoms with Gasteiger partial charge in [-0.15, -0.1) is 0 Å². The Morgan fingerprint density at radius 2 is 1.11 bits per heavy atom. The normalized spacial score (nSPS) is 11.6. The summed E-state index contributed by atoms with van der Waals surface area (Å²) in [7, 11) is 0. The SMILES string of the molecule is CCC1=C(CC)c2nc1c(CC)c1[nH]c(cc3nc(cc4c(CC)c(CC)c(c2CC)n4CC)C=C3)cc1CC.[F-].[F-].[F-].[F-].[Sn+4]. The monoisotopic (exact) mass is 730 g/mol. The summed E-state index contributed by atoms with van der Waals surface area (Å²) in [6.45, 7) is 19.2. The van der Waals surface area contributed by atoms with Crippen molar-refractivity contribution in [1.29, 1.82) is 0 Å². The molecule has 0 spiro atoms. The van der Waals surface area contributed by atoms with E-state index in [1.165, 1.54) is 66.9 Å². The second-order valence-corrected chi connectivity index (χ2v) is 10.8. The predicted molar refractivity (Wildman–Crippen MR) is 179 cm³/mol. The molecular formula is C36H46F4N4Sn. The van der Waals surface area contributed by atoms with E-state index in [0.717, 1.165) is 68.4 Å². The molecule has 9 heteroatoms. The van der Waals surface area contributed by atoms with Crippen LogP contribution in [-0.4, -0.2) is 43.4 Å². The van der Waals surface area contributed by atoms with E-state index in [1.807, 2.05) is 0 Å². The van der Waals surface area contributed by atoms with E-state index >= 15 is 0 Å². The molecule has 8 bridgehead atoms. The molecule has 4 nitrogen and oxygen atoms in total. The van der Waals surface area contributed by atoms with E-state index in [-0.39, 0.29) is 42.7 Å². The summed E-state index contributed by atoms with van der Waals surface area (Å²) >= 11 is 0. The number of hydrogen-bond donors (Lipinski definition) is 1. The molecule has 3 aromatic heterocycles. The van der Waals surface area contributed by atoms with Gasteiger partial charge in [-0.1, -0.05) is 48.5 Å². The van der Waals surface area contributed by atoms with Crippen LogP contribution in [0.2, 0.25) is 0 Å². The third kappa shape index (κ3) is 7.10. The minimum absolute atomic E-state index is 0. The Labute approximate surface area is 282 Å². The third-order valence-corrected chi connectivity index (χ3v) is 8.85. The summed E-state index contributed by atoms with van der Waals surface area (Å²) in [5, 5.41) is 0. The second-order valence-electron chi connectivity index (χ2n) is 10.8. The molecular weight excluding hydrogens is 683 g/mol. The maximum absolute atomic E-state index is 5.61. The van der Waals surface area contributed by atoms with E-state index < -0.39 is 0 Å². The zero-order valence-corrected chi connectivity index (χ0v) is 30.8. The summed E-state index contributed by atoms with van der Waals surface area (Å²) < 4.78 is 2.55. The van der Waals surface area contributed by atoms with Crippen molar-refractivity contribution in [2.45, 2.75) is 107 Å². The maximum atomic E-state index is 5.61. The van der Waals surface area contributed by atoms with Gasteiger partial charge in [0.1, 0.15) is 0 Å². The molecule has 0 aliphatic carbocycles.